The van der Waals surface area contributed by atoms with Crippen molar-refractivity contribution in [3.8, 4) is 0 Å². The molecule has 0 saturated carbocycles. The Balaban J connectivity index is 0.000000337. The third-order valence-corrected chi connectivity index (χ3v) is 6.50. The van der Waals surface area contributed by atoms with Crippen molar-refractivity contribution in [3.05, 3.63) is 64.7 Å². The van der Waals surface area contributed by atoms with Crippen LogP contribution in [0.4, 0.5) is 45.6 Å². The largest absolute Gasteiger partial charge is 0.453 e. The fourth-order valence-corrected chi connectivity index (χ4v) is 4.37. The Morgan fingerprint density at radius 2 is 1.48 bits per heavy atom. The number of hydrogen-bond donors (Lipinski definition) is 0. The van der Waals surface area contributed by atoms with E-state index in [0.717, 1.165) is 30.3 Å². The molecule has 2 amide bonds. The van der Waals surface area contributed by atoms with Crippen molar-refractivity contribution in [3.63, 3.8) is 0 Å². The van der Waals surface area contributed by atoms with Crippen molar-refractivity contribution < 1.29 is 49.4 Å². The number of benzene rings is 2. The summed E-state index contributed by atoms with van der Waals surface area (Å²) in [5.41, 5.74) is -1.77. The minimum absolute atomic E-state index is 0.156. The number of rotatable bonds is 4. The first-order valence-corrected chi connectivity index (χ1v) is 12.3. The Labute approximate surface area is 226 Å². The highest BCUT2D eigenvalue weighted by atomic mass is 19.4. The lowest BCUT2D eigenvalue weighted by Crippen LogP contribution is -2.47. The van der Waals surface area contributed by atoms with E-state index < -0.39 is 47.1 Å². The molecule has 0 spiro atoms. The summed E-state index contributed by atoms with van der Waals surface area (Å²) in [6, 6.07) is 5.67. The average molecular weight is 583 g/mol. The number of halogens is 8. The molecule has 2 aromatic rings. The van der Waals surface area contributed by atoms with Crippen molar-refractivity contribution in [1.29, 1.82) is 0 Å². The molecule has 5 nitrogen and oxygen atoms in total. The number of nitrogens with zero attached hydrogens (tertiary/aromatic N) is 2. The van der Waals surface area contributed by atoms with Crippen molar-refractivity contribution in [2.45, 2.75) is 70.4 Å². The first-order chi connectivity index (χ1) is 18.4. The maximum absolute atomic E-state index is 13.2. The monoisotopic (exact) mass is 582 g/mol. The van der Waals surface area contributed by atoms with E-state index >= 15 is 0 Å². The minimum Gasteiger partial charge on any atom is -0.453 e. The van der Waals surface area contributed by atoms with Crippen LogP contribution in [-0.4, -0.2) is 37.1 Å². The van der Waals surface area contributed by atoms with Gasteiger partial charge in [-0.1, -0.05) is 26.0 Å². The fourth-order valence-electron chi connectivity index (χ4n) is 4.37. The smallest absolute Gasteiger partial charge is 0.416 e. The van der Waals surface area contributed by atoms with E-state index in [9.17, 15) is 44.7 Å². The van der Waals surface area contributed by atoms with Crippen LogP contribution < -0.4 is 4.90 Å². The van der Waals surface area contributed by atoms with Crippen LogP contribution in [0, 0.1) is 0 Å². The van der Waals surface area contributed by atoms with Gasteiger partial charge in [-0.15, -0.1) is 0 Å². The summed E-state index contributed by atoms with van der Waals surface area (Å²) >= 11 is 0. The van der Waals surface area contributed by atoms with E-state index in [1.807, 2.05) is 6.92 Å². The highest BCUT2D eigenvalue weighted by molar-refractivity contribution is 5.95. The van der Waals surface area contributed by atoms with Crippen molar-refractivity contribution in [2.24, 2.45) is 0 Å². The zero-order valence-corrected chi connectivity index (χ0v) is 22.5. The van der Waals surface area contributed by atoms with Crippen LogP contribution in [0.5, 0.6) is 0 Å². The molecule has 1 aliphatic rings. The number of ether oxygens (including phenoxy) is 1. The van der Waals surface area contributed by atoms with E-state index in [2.05, 4.69) is 0 Å². The second-order valence-corrected chi connectivity index (χ2v) is 9.25. The molecule has 1 heterocycles. The predicted molar refractivity (Wildman–Crippen MR) is 132 cm³/mol. The Hall–Kier alpha value is -3.38. The summed E-state index contributed by atoms with van der Waals surface area (Å²) in [6.45, 7) is 4.18. The number of carbonyl (C=O) groups is 2. The summed E-state index contributed by atoms with van der Waals surface area (Å²) in [6.07, 6.45) is -8.51. The molecule has 40 heavy (non-hydrogen) atoms. The van der Waals surface area contributed by atoms with Crippen molar-refractivity contribution in [2.75, 3.05) is 19.1 Å². The van der Waals surface area contributed by atoms with Crippen LogP contribution in [0.25, 0.3) is 0 Å². The summed E-state index contributed by atoms with van der Waals surface area (Å²) in [5, 5.41) is 0. The third kappa shape index (κ3) is 7.63. The van der Waals surface area contributed by atoms with E-state index in [1.54, 1.807) is 11.8 Å². The zero-order valence-electron chi connectivity index (χ0n) is 22.5. The van der Waals surface area contributed by atoms with Crippen molar-refractivity contribution in [1.82, 2.24) is 4.90 Å². The number of hydrogen-bond acceptors (Lipinski definition) is 3. The Morgan fingerprint density at radius 3 is 1.95 bits per heavy atom. The standard InChI is InChI=1S/C18H23F3N2O3.C9H7F5/c1-5-12-10-15(22(3)17(25)26-4)13-9-11(18(19,20)21)7-8-14(13)23(12)16(24)6-2;1-8(10,11)6-3-2-4-7(5-6)9(12,13)14/h7-9,12,15H,5-6,10H2,1-4H3;2-5H,1H3/t12-,15+;/m1./s1. The molecule has 2 atom stereocenters. The van der Waals surface area contributed by atoms with Gasteiger partial charge in [0, 0.05) is 37.7 Å². The average Bonchev–Trinajstić information content (AvgIpc) is 2.89. The van der Waals surface area contributed by atoms with Gasteiger partial charge in [0.1, 0.15) is 0 Å². The normalized spacial score (nSPS) is 17.4. The molecule has 0 saturated heterocycles. The Bertz CT molecular complexity index is 1160. The molecule has 0 radical (unpaired) electrons. The molecule has 0 aromatic heterocycles. The van der Waals surface area contributed by atoms with Crippen molar-refractivity contribution >= 4 is 17.7 Å². The van der Waals surface area contributed by atoms with Crippen LogP contribution in [0.3, 0.4) is 0 Å². The molecule has 0 N–H and O–H groups in total. The maximum atomic E-state index is 13.2. The van der Waals surface area contributed by atoms with Crippen LogP contribution in [-0.2, 0) is 27.8 Å². The van der Waals surface area contributed by atoms with Gasteiger partial charge in [0.25, 0.3) is 5.92 Å². The topological polar surface area (TPSA) is 49.9 Å². The molecule has 1 aliphatic heterocycles. The first-order valence-electron chi connectivity index (χ1n) is 12.3. The van der Waals surface area contributed by atoms with E-state index in [4.69, 9.17) is 4.74 Å². The van der Waals surface area contributed by atoms with Crippen LogP contribution in [0.2, 0.25) is 0 Å². The van der Waals surface area contributed by atoms with Gasteiger partial charge in [-0.05, 0) is 48.7 Å². The van der Waals surface area contributed by atoms with Gasteiger partial charge in [-0.3, -0.25) is 4.79 Å². The number of fused-ring (bicyclic) bond motifs is 1. The van der Waals surface area contributed by atoms with Gasteiger partial charge in [0.2, 0.25) is 5.91 Å². The second-order valence-electron chi connectivity index (χ2n) is 9.25. The van der Waals surface area contributed by atoms with Gasteiger partial charge in [0.05, 0.1) is 24.3 Å². The summed E-state index contributed by atoms with van der Waals surface area (Å²) in [4.78, 5) is 27.3. The highest BCUT2D eigenvalue weighted by Crippen LogP contribution is 2.44. The molecule has 0 fully saturated rings. The molecule has 0 aliphatic carbocycles. The van der Waals surface area contributed by atoms with Gasteiger partial charge < -0.3 is 14.5 Å². The van der Waals surface area contributed by atoms with Gasteiger partial charge in [-0.2, -0.15) is 26.3 Å². The van der Waals surface area contributed by atoms with Crippen LogP contribution in [0.15, 0.2) is 42.5 Å². The zero-order chi connectivity index (χ0) is 30.6. The van der Waals surface area contributed by atoms with E-state index in [0.29, 0.717) is 37.1 Å². The summed E-state index contributed by atoms with van der Waals surface area (Å²) < 4.78 is 106. The summed E-state index contributed by atoms with van der Waals surface area (Å²) in [5.74, 6) is -3.40. The number of alkyl halides is 8. The van der Waals surface area contributed by atoms with Gasteiger partial charge in [-0.25, -0.2) is 13.6 Å². The number of amides is 2. The fraction of sp³-hybridized carbons (Fsp3) is 0.481. The summed E-state index contributed by atoms with van der Waals surface area (Å²) in [7, 11) is 2.71. The highest BCUT2D eigenvalue weighted by Gasteiger charge is 2.40. The molecule has 222 valence electrons. The lowest BCUT2D eigenvalue weighted by Gasteiger charge is -2.43. The second kappa shape index (κ2) is 12.4. The van der Waals surface area contributed by atoms with Crippen LogP contribution >= 0.6 is 0 Å². The molecular formula is C27H30F8N2O3. The molecule has 13 heteroatoms. The van der Waals surface area contributed by atoms with E-state index in [1.165, 1.54) is 25.1 Å². The predicted octanol–water partition coefficient (Wildman–Crippen LogP) is 8.19. The van der Waals surface area contributed by atoms with Crippen LogP contribution in [0.1, 0.15) is 68.3 Å². The third-order valence-electron chi connectivity index (χ3n) is 6.50. The molecule has 0 unspecified atom stereocenters. The van der Waals surface area contributed by atoms with Gasteiger partial charge in [0.15, 0.2) is 0 Å². The van der Waals surface area contributed by atoms with Gasteiger partial charge >= 0.3 is 18.4 Å². The number of methoxy groups -OCH3 is 1. The lowest BCUT2D eigenvalue weighted by molar-refractivity contribution is -0.138. The molecular weight excluding hydrogens is 552 g/mol. The number of anilines is 1. The lowest BCUT2D eigenvalue weighted by atomic mass is 9.87. The quantitative estimate of drug-likeness (QED) is 0.342. The molecule has 0 bridgehead atoms. The first kappa shape index (κ1) is 32.8. The SMILES string of the molecule is CC(F)(F)c1cccc(C(F)(F)F)c1.CCC(=O)N1c2ccc(C(F)(F)F)cc2[C@@H](N(C)C(=O)OC)C[C@H]1CC. The van der Waals surface area contributed by atoms with E-state index in [-0.39, 0.29) is 18.4 Å². The number of carbonyl (C=O) groups excluding carboxylic acids is 2. The Kier molecular flexibility index (Phi) is 10.2. The minimum atomic E-state index is -4.58. The molecule has 3 rings (SSSR count). The molecule has 2 aromatic carbocycles. The Morgan fingerprint density at radius 1 is 0.925 bits per heavy atom. The maximum Gasteiger partial charge on any atom is 0.416 e.